The molecule has 56 valence electrons. The van der Waals surface area contributed by atoms with Crippen LogP contribution < -0.4 is 5.63 Å². The standard InChI is InChI=1S/C7H11NO2/c1-7(2,3)5-4-6(9)10-8-5/h4,8H,1-3H3. The first-order chi connectivity index (χ1) is 4.50. The van der Waals surface area contributed by atoms with Gasteiger partial charge in [-0.3, -0.25) is 0 Å². The number of rotatable bonds is 0. The van der Waals surface area contributed by atoms with Gasteiger partial charge in [0.05, 0.1) is 5.69 Å². The van der Waals surface area contributed by atoms with Gasteiger partial charge in [-0.2, -0.15) is 0 Å². The molecule has 3 heteroatoms. The molecule has 0 spiro atoms. The molecule has 3 nitrogen and oxygen atoms in total. The van der Waals surface area contributed by atoms with Gasteiger partial charge in [0.25, 0.3) is 0 Å². The van der Waals surface area contributed by atoms with Crippen LogP contribution in [0.2, 0.25) is 0 Å². The zero-order valence-corrected chi connectivity index (χ0v) is 6.39. The maximum absolute atomic E-state index is 10.5. The summed E-state index contributed by atoms with van der Waals surface area (Å²) in [4.78, 5) is 10.5. The molecule has 1 rings (SSSR count). The van der Waals surface area contributed by atoms with Crippen molar-refractivity contribution in [2.45, 2.75) is 26.2 Å². The minimum Gasteiger partial charge on any atom is -0.339 e. The normalized spacial score (nSPS) is 11.9. The summed E-state index contributed by atoms with van der Waals surface area (Å²) >= 11 is 0. The van der Waals surface area contributed by atoms with Crippen LogP contribution in [0.5, 0.6) is 0 Å². The Morgan fingerprint density at radius 3 is 2.30 bits per heavy atom. The second-order valence-corrected chi connectivity index (χ2v) is 3.33. The third-order valence-corrected chi connectivity index (χ3v) is 1.33. The summed E-state index contributed by atoms with van der Waals surface area (Å²) in [5.74, 6) is 0. The summed E-state index contributed by atoms with van der Waals surface area (Å²) in [6, 6.07) is 1.47. The molecule has 0 fully saturated rings. The molecule has 1 N–H and O–H groups in total. The molecule has 0 aliphatic carbocycles. The number of hydrogen-bond acceptors (Lipinski definition) is 2. The lowest BCUT2D eigenvalue weighted by atomic mass is 9.93. The van der Waals surface area contributed by atoms with E-state index in [1.807, 2.05) is 20.8 Å². The summed E-state index contributed by atoms with van der Waals surface area (Å²) in [6.07, 6.45) is 0. The van der Waals surface area contributed by atoms with Crippen molar-refractivity contribution in [3.05, 3.63) is 22.2 Å². The van der Waals surface area contributed by atoms with E-state index < -0.39 is 0 Å². The fraction of sp³-hybridized carbons (Fsp3) is 0.571. The minimum atomic E-state index is -0.315. The van der Waals surface area contributed by atoms with Crippen molar-refractivity contribution in [2.24, 2.45) is 0 Å². The first kappa shape index (κ1) is 7.12. The molecule has 0 aromatic carbocycles. The van der Waals surface area contributed by atoms with Crippen LogP contribution in [0.4, 0.5) is 0 Å². The van der Waals surface area contributed by atoms with E-state index in [0.717, 1.165) is 5.69 Å². The summed E-state index contributed by atoms with van der Waals surface area (Å²) < 4.78 is 4.51. The molecule has 0 atom stereocenters. The predicted octanol–water partition coefficient (Wildman–Crippen LogP) is 1.27. The highest BCUT2D eigenvalue weighted by Crippen LogP contribution is 2.17. The highest BCUT2D eigenvalue weighted by Gasteiger charge is 2.16. The number of hydrogen-bond donors (Lipinski definition) is 1. The van der Waals surface area contributed by atoms with Crippen LogP contribution in [0, 0.1) is 0 Å². The maximum atomic E-state index is 10.5. The highest BCUT2D eigenvalue weighted by molar-refractivity contribution is 5.07. The van der Waals surface area contributed by atoms with E-state index in [0.29, 0.717) is 0 Å². The summed E-state index contributed by atoms with van der Waals surface area (Å²) in [6.45, 7) is 6.02. The number of nitrogens with one attached hydrogen (secondary N) is 1. The molecule has 0 radical (unpaired) electrons. The van der Waals surface area contributed by atoms with E-state index in [2.05, 4.69) is 9.68 Å². The molecule has 0 bridgehead atoms. The Hall–Kier alpha value is -0.990. The molecule has 10 heavy (non-hydrogen) atoms. The molecular weight excluding hydrogens is 130 g/mol. The summed E-state index contributed by atoms with van der Waals surface area (Å²) in [5, 5.41) is 2.56. The average molecular weight is 141 g/mol. The molecule has 0 saturated carbocycles. The molecule has 1 aromatic heterocycles. The van der Waals surface area contributed by atoms with Crippen LogP contribution in [0.15, 0.2) is 15.4 Å². The van der Waals surface area contributed by atoms with Crippen molar-refractivity contribution in [3.8, 4) is 0 Å². The van der Waals surface area contributed by atoms with E-state index >= 15 is 0 Å². The summed E-state index contributed by atoms with van der Waals surface area (Å²) in [5.41, 5.74) is 0.481. The van der Waals surface area contributed by atoms with Gasteiger partial charge in [-0.25, -0.2) is 9.95 Å². The van der Waals surface area contributed by atoms with Crippen molar-refractivity contribution >= 4 is 0 Å². The van der Waals surface area contributed by atoms with Crippen LogP contribution in [0.3, 0.4) is 0 Å². The largest absolute Gasteiger partial charge is 0.357 e. The van der Waals surface area contributed by atoms with Gasteiger partial charge in [0.2, 0.25) is 0 Å². The molecule has 0 amide bonds. The quantitative estimate of drug-likeness (QED) is 0.591. The van der Waals surface area contributed by atoms with Crippen LogP contribution in [-0.2, 0) is 5.41 Å². The Bertz CT molecular complexity index is 264. The van der Waals surface area contributed by atoms with Gasteiger partial charge < -0.3 is 4.52 Å². The Morgan fingerprint density at radius 2 is 2.10 bits per heavy atom. The lowest BCUT2D eigenvalue weighted by Crippen LogP contribution is -2.11. The van der Waals surface area contributed by atoms with E-state index in [4.69, 9.17) is 0 Å². The third kappa shape index (κ3) is 1.29. The number of aromatic nitrogens is 1. The second-order valence-electron chi connectivity index (χ2n) is 3.33. The Balaban J connectivity index is 3.07. The van der Waals surface area contributed by atoms with Crippen LogP contribution in [0.1, 0.15) is 26.5 Å². The van der Waals surface area contributed by atoms with Crippen molar-refractivity contribution in [3.63, 3.8) is 0 Å². The minimum absolute atomic E-state index is 0.0356. The van der Waals surface area contributed by atoms with Gasteiger partial charge in [0, 0.05) is 11.5 Å². The number of aromatic amines is 1. The van der Waals surface area contributed by atoms with E-state index in [1.165, 1.54) is 6.07 Å². The van der Waals surface area contributed by atoms with Gasteiger partial charge in [-0.15, -0.1) is 0 Å². The predicted molar refractivity (Wildman–Crippen MR) is 38.0 cm³/mol. The Labute approximate surface area is 59.0 Å². The molecule has 0 aliphatic rings. The van der Waals surface area contributed by atoms with Gasteiger partial charge in [-0.1, -0.05) is 20.8 Å². The van der Waals surface area contributed by atoms with Gasteiger partial charge in [0.1, 0.15) is 0 Å². The molecule has 0 aliphatic heterocycles. The van der Waals surface area contributed by atoms with E-state index in [1.54, 1.807) is 0 Å². The third-order valence-electron chi connectivity index (χ3n) is 1.33. The number of H-pyrrole nitrogens is 1. The zero-order chi connectivity index (χ0) is 7.78. The van der Waals surface area contributed by atoms with Crippen molar-refractivity contribution in [1.29, 1.82) is 0 Å². The summed E-state index contributed by atoms with van der Waals surface area (Å²) in [7, 11) is 0. The van der Waals surface area contributed by atoms with Crippen molar-refractivity contribution < 1.29 is 4.52 Å². The van der Waals surface area contributed by atoms with Gasteiger partial charge >= 0.3 is 5.63 Å². The second kappa shape index (κ2) is 2.01. The topological polar surface area (TPSA) is 46.0 Å². The fourth-order valence-electron chi connectivity index (χ4n) is 0.652. The average Bonchev–Trinajstić information content (AvgIpc) is 2.11. The van der Waals surface area contributed by atoms with Crippen molar-refractivity contribution in [1.82, 2.24) is 5.16 Å². The molecular formula is C7H11NO2. The Morgan fingerprint density at radius 1 is 1.50 bits per heavy atom. The fourth-order valence-corrected chi connectivity index (χ4v) is 0.652. The molecule has 0 saturated heterocycles. The van der Waals surface area contributed by atoms with E-state index in [-0.39, 0.29) is 11.0 Å². The van der Waals surface area contributed by atoms with Crippen LogP contribution in [-0.4, -0.2) is 5.16 Å². The highest BCUT2D eigenvalue weighted by atomic mass is 16.5. The first-order valence-corrected chi connectivity index (χ1v) is 3.19. The first-order valence-electron chi connectivity index (χ1n) is 3.19. The van der Waals surface area contributed by atoms with Crippen LogP contribution >= 0.6 is 0 Å². The van der Waals surface area contributed by atoms with Crippen molar-refractivity contribution in [2.75, 3.05) is 0 Å². The molecule has 0 unspecified atom stereocenters. The lowest BCUT2D eigenvalue weighted by molar-refractivity contribution is 0.370. The Kier molecular flexibility index (Phi) is 1.43. The SMILES string of the molecule is CC(C)(C)c1cc(=O)o[nH]1. The van der Waals surface area contributed by atoms with Crippen LogP contribution in [0.25, 0.3) is 0 Å². The maximum Gasteiger partial charge on any atom is 0.357 e. The molecule has 1 heterocycles. The monoisotopic (exact) mass is 141 g/mol. The smallest absolute Gasteiger partial charge is 0.339 e. The zero-order valence-electron chi connectivity index (χ0n) is 6.39. The van der Waals surface area contributed by atoms with Gasteiger partial charge in [-0.05, 0) is 0 Å². The molecule has 1 aromatic rings. The van der Waals surface area contributed by atoms with E-state index in [9.17, 15) is 4.79 Å². The lowest BCUT2D eigenvalue weighted by Gasteiger charge is -2.13. The van der Waals surface area contributed by atoms with Gasteiger partial charge in [0.15, 0.2) is 0 Å².